The van der Waals surface area contributed by atoms with Gasteiger partial charge >= 0.3 is 0 Å². The molecule has 0 aliphatic rings. The molecular weight excluding hydrogens is 276 g/mol. The van der Waals surface area contributed by atoms with Crippen LogP contribution in [-0.4, -0.2) is 14.5 Å². The van der Waals surface area contributed by atoms with Crippen molar-refractivity contribution in [2.75, 3.05) is 0 Å². The van der Waals surface area contributed by atoms with Crippen LogP contribution in [-0.2, 0) is 6.42 Å². The molecule has 2 aromatic carbocycles. The lowest BCUT2D eigenvalue weighted by molar-refractivity contribution is 0.421. The van der Waals surface area contributed by atoms with E-state index in [1.54, 1.807) is 6.08 Å². The average molecular weight is 292 g/mol. The fourth-order valence-electron chi connectivity index (χ4n) is 2.47. The van der Waals surface area contributed by atoms with Gasteiger partial charge in [-0.15, -0.1) is 6.58 Å². The van der Waals surface area contributed by atoms with Crippen molar-refractivity contribution >= 4 is 0 Å². The van der Waals surface area contributed by atoms with Crippen LogP contribution in [0.15, 0.2) is 78.1 Å². The molecule has 0 unspecified atom stereocenters. The van der Waals surface area contributed by atoms with E-state index in [4.69, 9.17) is 0 Å². The molecular formula is C18H16N2O2. The average Bonchev–Trinajstić information content (AvgIpc) is 2.81. The largest absolute Gasteiger partial charge is 0.493 e. The summed E-state index contributed by atoms with van der Waals surface area (Å²) in [6, 6.07) is 18.6. The first-order chi connectivity index (χ1) is 10.7. The number of para-hydroxylation sites is 2. The quantitative estimate of drug-likeness (QED) is 0.751. The highest BCUT2D eigenvalue weighted by Gasteiger charge is 2.20. The second-order valence-electron chi connectivity index (χ2n) is 4.89. The molecule has 0 aliphatic carbocycles. The maximum atomic E-state index is 12.7. The van der Waals surface area contributed by atoms with Gasteiger partial charge in [-0.3, -0.25) is 4.79 Å². The molecule has 0 amide bonds. The second-order valence-corrected chi connectivity index (χ2v) is 4.89. The third-order valence-electron chi connectivity index (χ3n) is 3.47. The van der Waals surface area contributed by atoms with E-state index in [-0.39, 0.29) is 11.4 Å². The molecule has 4 nitrogen and oxygen atoms in total. The van der Waals surface area contributed by atoms with Crippen molar-refractivity contribution in [1.82, 2.24) is 9.36 Å². The Hall–Kier alpha value is -3.01. The van der Waals surface area contributed by atoms with Gasteiger partial charge in [0.15, 0.2) is 0 Å². The lowest BCUT2D eigenvalue weighted by atomic mass is 10.2. The molecule has 0 atom stereocenters. The van der Waals surface area contributed by atoms with E-state index in [1.807, 2.05) is 60.7 Å². The Kier molecular flexibility index (Phi) is 3.66. The first-order valence-corrected chi connectivity index (χ1v) is 7.01. The summed E-state index contributed by atoms with van der Waals surface area (Å²) in [7, 11) is 0. The normalized spacial score (nSPS) is 10.5. The first-order valence-electron chi connectivity index (χ1n) is 7.01. The Bertz CT molecular complexity index is 846. The van der Waals surface area contributed by atoms with E-state index in [0.717, 1.165) is 5.69 Å². The van der Waals surface area contributed by atoms with Crippen molar-refractivity contribution in [3.8, 4) is 17.3 Å². The second kappa shape index (κ2) is 5.77. The smallest absolute Gasteiger partial charge is 0.279 e. The molecule has 0 saturated heterocycles. The van der Waals surface area contributed by atoms with Crippen LogP contribution >= 0.6 is 0 Å². The summed E-state index contributed by atoms with van der Waals surface area (Å²) in [5.41, 5.74) is 1.51. The van der Waals surface area contributed by atoms with Crippen LogP contribution < -0.4 is 5.56 Å². The van der Waals surface area contributed by atoms with Gasteiger partial charge < -0.3 is 5.11 Å². The van der Waals surface area contributed by atoms with E-state index in [9.17, 15) is 9.90 Å². The Morgan fingerprint density at radius 3 is 1.91 bits per heavy atom. The topological polar surface area (TPSA) is 47.2 Å². The predicted molar refractivity (Wildman–Crippen MR) is 86.9 cm³/mol. The Balaban J connectivity index is 2.35. The zero-order chi connectivity index (χ0) is 15.5. The third-order valence-corrected chi connectivity index (χ3v) is 3.47. The van der Waals surface area contributed by atoms with Crippen LogP contribution in [0.1, 0.15) is 5.56 Å². The molecule has 0 saturated carbocycles. The highest BCUT2D eigenvalue weighted by Crippen LogP contribution is 2.23. The number of hydrogen-bond acceptors (Lipinski definition) is 2. The molecule has 0 bridgehead atoms. The van der Waals surface area contributed by atoms with Gasteiger partial charge in [0.2, 0.25) is 5.88 Å². The molecule has 0 radical (unpaired) electrons. The highest BCUT2D eigenvalue weighted by atomic mass is 16.3. The lowest BCUT2D eigenvalue weighted by Gasteiger charge is -2.12. The van der Waals surface area contributed by atoms with Crippen molar-refractivity contribution in [3.05, 3.63) is 89.2 Å². The monoisotopic (exact) mass is 292 g/mol. The minimum absolute atomic E-state index is 0.0556. The van der Waals surface area contributed by atoms with Crippen molar-refractivity contribution < 1.29 is 5.11 Å². The minimum atomic E-state index is -0.243. The maximum absolute atomic E-state index is 12.7. The van der Waals surface area contributed by atoms with Crippen molar-refractivity contribution in [3.63, 3.8) is 0 Å². The molecule has 0 spiro atoms. The Morgan fingerprint density at radius 2 is 1.41 bits per heavy atom. The summed E-state index contributed by atoms with van der Waals surface area (Å²) in [6.07, 6.45) is 1.93. The van der Waals surface area contributed by atoms with E-state index >= 15 is 0 Å². The van der Waals surface area contributed by atoms with E-state index in [2.05, 4.69) is 6.58 Å². The van der Waals surface area contributed by atoms with Crippen LogP contribution in [0, 0.1) is 0 Å². The number of benzene rings is 2. The van der Waals surface area contributed by atoms with Crippen LogP contribution in [0.5, 0.6) is 5.88 Å². The van der Waals surface area contributed by atoms with Crippen molar-refractivity contribution in [2.45, 2.75) is 6.42 Å². The number of rotatable bonds is 4. The fourth-order valence-corrected chi connectivity index (χ4v) is 2.47. The van der Waals surface area contributed by atoms with Crippen LogP contribution in [0.4, 0.5) is 0 Å². The maximum Gasteiger partial charge on any atom is 0.279 e. The summed E-state index contributed by atoms with van der Waals surface area (Å²) in [4.78, 5) is 12.7. The zero-order valence-corrected chi connectivity index (χ0v) is 12.0. The molecule has 1 N–H and O–H groups in total. The number of hydrogen-bond donors (Lipinski definition) is 1. The highest BCUT2D eigenvalue weighted by molar-refractivity contribution is 5.43. The Labute approximate surface area is 128 Å². The SMILES string of the molecule is C=CCc1c(O)n(-c2ccccc2)n(-c2ccccc2)c1=O. The van der Waals surface area contributed by atoms with Gasteiger partial charge in [-0.05, 0) is 24.3 Å². The third kappa shape index (κ3) is 2.24. The van der Waals surface area contributed by atoms with Gasteiger partial charge in [-0.2, -0.15) is 0 Å². The van der Waals surface area contributed by atoms with E-state index in [0.29, 0.717) is 17.7 Å². The summed E-state index contributed by atoms with van der Waals surface area (Å²) < 4.78 is 3.00. The molecule has 0 aliphatic heterocycles. The van der Waals surface area contributed by atoms with E-state index in [1.165, 1.54) is 9.36 Å². The predicted octanol–water partition coefficient (Wildman–Crippen LogP) is 3.06. The zero-order valence-electron chi connectivity index (χ0n) is 12.0. The molecule has 110 valence electrons. The van der Waals surface area contributed by atoms with Crippen molar-refractivity contribution in [2.24, 2.45) is 0 Å². The van der Waals surface area contributed by atoms with Gasteiger partial charge in [0, 0.05) is 6.42 Å². The first kappa shape index (κ1) is 13.9. The van der Waals surface area contributed by atoms with E-state index < -0.39 is 0 Å². The number of aromatic nitrogens is 2. The molecule has 22 heavy (non-hydrogen) atoms. The minimum Gasteiger partial charge on any atom is -0.493 e. The summed E-state index contributed by atoms with van der Waals surface area (Å²) >= 11 is 0. The van der Waals surface area contributed by atoms with Crippen LogP contribution in [0.2, 0.25) is 0 Å². The molecule has 3 aromatic rings. The van der Waals surface area contributed by atoms with Gasteiger partial charge in [0.05, 0.1) is 16.9 Å². The number of nitrogens with zero attached hydrogens (tertiary/aromatic N) is 2. The van der Waals surface area contributed by atoms with Gasteiger partial charge in [0.25, 0.3) is 5.56 Å². The summed E-state index contributed by atoms with van der Waals surface area (Å²) in [6.45, 7) is 3.65. The summed E-state index contributed by atoms with van der Waals surface area (Å²) in [5, 5.41) is 10.5. The number of allylic oxidation sites excluding steroid dienone is 1. The van der Waals surface area contributed by atoms with Crippen LogP contribution in [0.25, 0.3) is 11.4 Å². The molecule has 3 rings (SSSR count). The van der Waals surface area contributed by atoms with Gasteiger partial charge in [-0.1, -0.05) is 42.5 Å². The number of aromatic hydroxyl groups is 1. The molecule has 1 aromatic heterocycles. The summed E-state index contributed by atoms with van der Waals surface area (Å²) in [5.74, 6) is -0.0556. The standard InChI is InChI=1S/C18H16N2O2/c1-2-9-16-17(21)19(14-10-5-3-6-11-14)20(18(16)22)15-12-7-4-8-13-15/h2-8,10-13,21H,1,9H2. The lowest BCUT2D eigenvalue weighted by Crippen LogP contribution is -2.21. The van der Waals surface area contributed by atoms with Gasteiger partial charge in [-0.25, -0.2) is 9.36 Å². The fraction of sp³-hybridized carbons (Fsp3) is 0.0556. The molecule has 1 heterocycles. The Morgan fingerprint density at radius 1 is 0.909 bits per heavy atom. The molecule has 4 heteroatoms. The molecule has 0 fully saturated rings. The van der Waals surface area contributed by atoms with Crippen LogP contribution in [0.3, 0.4) is 0 Å². The van der Waals surface area contributed by atoms with Gasteiger partial charge in [0.1, 0.15) is 0 Å². The van der Waals surface area contributed by atoms with Crippen molar-refractivity contribution in [1.29, 1.82) is 0 Å².